The summed E-state index contributed by atoms with van der Waals surface area (Å²) in [4.78, 5) is 28.7. The van der Waals surface area contributed by atoms with Gasteiger partial charge in [0.05, 0.1) is 10.6 Å². The molecule has 1 aliphatic carbocycles. The van der Waals surface area contributed by atoms with E-state index < -0.39 is 28.5 Å². The van der Waals surface area contributed by atoms with Crippen LogP contribution in [0.15, 0.2) is 89.8 Å². The Morgan fingerprint density at radius 3 is 2.23 bits per heavy atom. The van der Waals surface area contributed by atoms with Gasteiger partial charge in [0, 0.05) is 17.6 Å². The minimum Gasteiger partial charge on any atom is -0.352 e. The molecule has 0 radical (unpaired) electrons. The lowest BCUT2D eigenvalue weighted by atomic mass is 10.1. The van der Waals surface area contributed by atoms with E-state index in [0.29, 0.717) is 11.4 Å². The Hall–Kier alpha value is -3.36. The molecule has 3 aromatic carbocycles. The Balaban J connectivity index is 1.63. The first-order valence-electron chi connectivity index (χ1n) is 13.2. The van der Waals surface area contributed by atoms with Crippen molar-refractivity contribution in [1.29, 1.82) is 0 Å². The van der Waals surface area contributed by atoms with Gasteiger partial charge in [-0.25, -0.2) is 8.42 Å². The van der Waals surface area contributed by atoms with Crippen LogP contribution in [-0.4, -0.2) is 50.3 Å². The molecule has 1 saturated carbocycles. The fraction of sp³-hybridized carbons (Fsp3) is 0.333. The minimum atomic E-state index is -4.10. The molecular weight excluding hydrogens is 534 g/mol. The largest absolute Gasteiger partial charge is 0.352 e. The van der Waals surface area contributed by atoms with Crippen LogP contribution in [0.25, 0.3) is 0 Å². The molecule has 0 unspecified atom stereocenters. The molecular formula is C30H34ClN3O4S. The van der Waals surface area contributed by atoms with Crippen LogP contribution in [0.1, 0.15) is 38.2 Å². The standard InChI is InChI=1S/C30H34ClN3O4S/c1-23(30(36)32-26-14-8-9-15-26)33(20-19-24-11-4-2-5-12-24)29(35)22-34(27-16-10-13-25(31)21-27)39(37,38)28-17-6-3-7-18-28/h2-7,10-13,16-18,21,23,26H,8-9,14-15,19-20,22H2,1H3,(H,32,36)/t23-/m1/s1. The fourth-order valence-corrected chi connectivity index (χ4v) is 6.45. The van der Waals surface area contributed by atoms with Gasteiger partial charge in [-0.15, -0.1) is 0 Å². The number of amides is 2. The van der Waals surface area contributed by atoms with E-state index in [-0.39, 0.29) is 29.1 Å². The van der Waals surface area contributed by atoms with E-state index in [0.717, 1.165) is 35.6 Å². The van der Waals surface area contributed by atoms with E-state index in [4.69, 9.17) is 11.6 Å². The normalized spacial score (nSPS) is 14.5. The first kappa shape index (κ1) is 28.6. The highest BCUT2D eigenvalue weighted by Gasteiger charge is 2.33. The summed E-state index contributed by atoms with van der Waals surface area (Å²) in [7, 11) is -4.10. The monoisotopic (exact) mass is 567 g/mol. The maximum Gasteiger partial charge on any atom is 0.264 e. The third-order valence-electron chi connectivity index (χ3n) is 7.06. The number of rotatable bonds is 11. The van der Waals surface area contributed by atoms with Crippen LogP contribution in [-0.2, 0) is 26.0 Å². The van der Waals surface area contributed by atoms with Crippen molar-refractivity contribution in [2.45, 2.75) is 56.0 Å². The highest BCUT2D eigenvalue weighted by Crippen LogP contribution is 2.26. The smallest absolute Gasteiger partial charge is 0.264 e. The Morgan fingerprint density at radius 2 is 1.59 bits per heavy atom. The van der Waals surface area contributed by atoms with Gasteiger partial charge in [0.1, 0.15) is 12.6 Å². The average Bonchev–Trinajstić information content (AvgIpc) is 3.45. The molecule has 0 saturated heterocycles. The van der Waals surface area contributed by atoms with Crippen LogP contribution < -0.4 is 9.62 Å². The van der Waals surface area contributed by atoms with Gasteiger partial charge in [-0.05, 0) is 62.1 Å². The van der Waals surface area contributed by atoms with Crippen molar-refractivity contribution >= 4 is 39.1 Å². The summed E-state index contributed by atoms with van der Waals surface area (Å²) < 4.78 is 28.6. The van der Waals surface area contributed by atoms with Crippen molar-refractivity contribution in [3.63, 3.8) is 0 Å². The van der Waals surface area contributed by atoms with Crippen LogP contribution >= 0.6 is 11.6 Å². The number of benzene rings is 3. The van der Waals surface area contributed by atoms with Crippen LogP contribution in [0.5, 0.6) is 0 Å². The number of nitrogens with zero attached hydrogens (tertiary/aromatic N) is 2. The van der Waals surface area contributed by atoms with Crippen molar-refractivity contribution in [3.8, 4) is 0 Å². The highest BCUT2D eigenvalue weighted by atomic mass is 35.5. The quantitative estimate of drug-likeness (QED) is 0.351. The van der Waals surface area contributed by atoms with Crippen molar-refractivity contribution in [2.75, 3.05) is 17.4 Å². The average molecular weight is 568 g/mol. The number of sulfonamides is 1. The topological polar surface area (TPSA) is 86.8 Å². The predicted octanol–water partition coefficient (Wildman–Crippen LogP) is 5.05. The Kier molecular flexibility index (Phi) is 9.64. The second-order valence-corrected chi connectivity index (χ2v) is 12.1. The number of nitrogens with one attached hydrogen (secondary N) is 1. The molecule has 0 heterocycles. The first-order chi connectivity index (χ1) is 18.8. The maximum atomic E-state index is 13.9. The van der Waals surface area contributed by atoms with Crippen molar-refractivity contribution in [1.82, 2.24) is 10.2 Å². The molecule has 1 fully saturated rings. The lowest BCUT2D eigenvalue weighted by Gasteiger charge is -2.32. The molecule has 2 amide bonds. The lowest BCUT2D eigenvalue weighted by Crippen LogP contribution is -2.53. The zero-order valence-corrected chi connectivity index (χ0v) is 23.6. The van der Waals surface area contributed by atoms with Gasteiger partial charge in [0.25, 0.3) is 10.0 Å². The number of hydrogen-bond donors (Lipinski definition) is 1. The molecule has 39 heavy (non-hydrogen) atoms. The molecule has 0 aromatic heterocycles. The second kappa shape index (κ2) is 13.1. The summed E-state index contributed by atoms with van der Waals surface area (Å²) in [6, 6.07) is 23.4. The fourth-order valence-electron chi connectivity index (χ4n) is 4.84. The Labute approximate surface area is 235 Å². The molecule has 3 aromatic rings. The third kappa shape index (κ3) is 7.40. The summed E-state index contributed by atoms with van der Waals surface area (Å²) in [5, 5.41) is 3.42. The minimum absolute atomic E-state index is 0.0561. The summed E-state index contributed by atoms with van der Waals surface area (Å²) in [5.41, 5.74) is 1.29. The zero-order valence-electron chi connectivity index (χ0n) is 22.0. The molecule has 4 rings (SSSR count). The molecule has 0 bridgehead atoms. The predicted molar refractivity (Wildman–Crippen MR) is 154 cm³/mol. The van der Waals surface area contributed by atoms with E-state index in [2.05, 4.69) is 5.32 Å². The Morgan fingerprint density at radius 1 is 0.949 bits per heavy atom. The van der Waals surface area contributed by atoms with Crippen LogP contribution in [0, 0.1) is 0 Å². The second-order valence-electron chi connectivity index (χ2n) is 9.79. The van der Waals surface area contributed by atoms with Gasteiger partial charge in [0.2, 0.25) is 11.8 Å². The zero-order chi connectivity index (χ0) is 27.8. The van der Waals surface area contributed by atoms with Gasteiger partial charge in [-0.2, -0.15) is 0 Å². The molecule has 1 N–H and O–H groups in total. The van der Waals surface area contributed by atoms with Gasteiger partial charge in [-0.3, -0.25) is 13.9 Å². The molecule has 0 aliphatic heterocycles. The molecule has 206 valence electrons. The lowest BCUT2D eigenvalue weighted by molar-refractivity contribution is -0.139. The first-order valence-corrected chi connectivity index (χ1v) is 15.0. The number of halogens is 1. The van der Waals surface area contributed by atoms with E-state index in [1.807, 2.05) is 30.3 Å². The number of carbonyl (C=O) groups excluding carboxylic acids is 2. The molecule has 7 nitrogen and oxygen atoms in total. The van der Waals surface area contributed by atoms with Crippen molar-refractivity contribution in [2.24, 2.45) is 0 Å². The number of hydrogen-bond acceptors (Lipinski definition) is 4. The highest BCUT2D eigenvalue weighted by molar-refractivity contribution is 7.92. The molecule has 9 heteroatoms. The summed E-state index contributed by atoms with van der Waals surface area (Å²) >= 11 is 6.20. The molecule has 1 aliphatic rings. The summed E-state index contributed by atoms with van der Waals surface area (Å²) in [5.74, 6) is -0.706. The summed E-state index contributed by atoms with van der Waals surface area (Å²) in [6.45, 7) is 1.48. The number of anilines is 1. The van der Waals surface area contributed by atoms with Gasteiger partial charge in [-0.1, -0.05) is 79.0 Å². The van der Waals surface area contributed by atoms with Gasteiger partial charge in [0.15, 0.2) is 0 Å². The van der Waals surface area contributed by atoms with Crippen LogP contribution in [0.4, 0.5) is 5.69 Å². The Bertz CT molecular complexity index is 1360. The SMILES string of the molecule is C[C@H](C(=O)NC1CCCC1)N(CCc1ccccc1)C(=O)CN(c1cccc(Cl)c1)S(=O)(=O)c1ccccc1. The van der Waals surface area contributed by atoms with Gasteiger partial charge < -0.3 is 10.2 Å². The third-order valence-corrected chi connectivity index (χ3v) is 9.08. The van der Waals surface area contributed by atoms with Crippen LogP contribution in [0.3, 0.4) is 0 Å². The van der Waals surface area contributed by atoms with E-state index in [1.54, 1.807) is 43.3 Å². The maximum absolute atomic E-state index is 13.9. The van der Waals surface area contributed by atoms with Crippen molar-refractivity contribution < 1.29 is 18.0 Å². The van der Waals surface area contributed by atoms with E-state index in [9.17, 15) is 18.0 Å². The molecule has 0 spiro atoms. The van der Waals surface area contributed by atoms with E-state index >= 15 is 0 Å². The van der Waals surface area contributed by atoms with E-state index in [1.165, 1.54) is 23.1 Å². The van der Waals surface area contributed by atoms with Crippen LogP contribution in [0.2, 0.25) is 5.02 Å². The summed E-state index contributed by atoms with van der Waals surface area (Å²) in [6.07, 6.45) is 4.52. The molecule has 1 atom stereocenters. The van der Waals surface area contributed by atoms with Crippen molar-refractivity contribution in [3.05, 3.63) is 95.5 Å². The van der Waals surface area contributed by atoms with Gasteiger partial charge >= 0.3 is 0 Å². The number of carbonyl (C=O) groups is 2.